The second-order valence-electron chi connectivity index (χ2n) is 2.44. The van der Waals surface area contributed by atoms with Crippen LogP contribution in [0.2, 0.25) is 0 Å². The third-order valence-electron chi connectivity index (χ3n) is 1.39. The zero-order valence-electron chi connectivity index (χ0n) is 7.90. The fourth-order valence-electron chi connectivity index (χ4n) is 0.818. The van der Waals surface area contributed by atoms with Gasteiger partial charge in [0.1, 0.15) is 5.75 Å². The van der Waals surface area contributed by atoms with Crippen LogP contribution in [0.4, 0.5) is 0 Å². The van der Waals surface area contributed by atoms with E-state index in [0.29, 0.717) is 11.6 Å². The molecular formula is C7H11N2O4S+. The molecule has 78 valence electrons. The normalized spacial score (nSPS) is 10.1. The van der Waals surface area contributed by atoms with E-state index in [1.807, 2.05) is 0 Å². The van der Waals surface area contributed by atoms with Gasteiger partial charge in [-0.3, -0.25) is 9.32 Å². The van der Waals surface area contributed by atoms with Crippen LogP contribution in [0.25, 0.3) is 0 Å². The Morgan fingerprint density at radius 1 is 1.71 bits per heavy atom. The highest BCUT2D eigenvalue weighted by Crippen LogP contribution is 2.07. The quantitative estimate of drug-likeness (QED) is 0.417. The van der Waals surface area contributed by atoms with Crippen molar-refractivity contribution in [3.05, 3.63) is 10.4 Å². The molecule has 0 saturated carbocycles. The average Bonchev–Trinajstić information content (AvgIpc) is 2.44. The molecule has 0 amide bonds. The molecule has 0 saturated heterocycles. The molecule has 0 aliphatic rings. The molecule has 1 N–H and O–H groups in total. The maximum Gasteiger partial charge on any atom is 0.441 e. The van der Waals surface area contributed by atoms with Crippen molar-refractivity contribution >= 4 is 17.7 Å². The molecule has 1 aromatic heterocycles. The van der Waals surface area contributed by atoms with Crippen LogP contribution in [-0.2, 0) is 16.6 Å². The number of nitrogens with one attached hydrogen (secondary N) is 1. The maximum atomic E-state index is 11.0. The summed E-state index contributed by atoms with van der Waals surface area (Å²) in [7, 11) is 1.62. The predicted octanol–water partition coefficient (Wildman–Crippen LogP) is -0.552. The van der Waals surface area contributed by atoms with Gasteiger partial charge >= 0.3 is 16.6 Å². The van der Waals surface area contributed by atoms with Gasteiger partial charge in [0.05, 0.1) is 6.61 Å². The molecule has 1 aromatic rings. The van der Waals surface area contributed by atoms with Gasteiger partial charge in [-0.1, -0.05) is 4.68 Å². The number of thioether (sulfide) groups is 1. The highest BCUT2D eigenvalue weighted by atomic mass is 32.2. The van der Waals surface area contributed by atoms with Crippen molar-refractivity contribution in [3.63, 3.8) is 0 Å². The predicted molar refractivity (Wildman–Crippen MR) is 47.9 cm³/mol. The van der Waals surface area contributed by atoms with Gasteiger partial charge in [0.2, 0.25) is 0 Å². The average molecular weight is 219 g/mol. The lowest BCUT2D eigenvalue weighted by Gasteiger charge is -1.96. The zero-order chi connectivity index (χ0) is 10.6. The van der Waals surface area contributed by atoms with Crippen molar-refractivity contribution in [2.24, 2.45) is 7.05 Å². The number of aromatic amines is 1. The molecule has 0 unspecified atom stereocenters. The number of aromatic nitrogens is 2. The lowest BCUT2D eigenvalue weighted by atomic mass is 10.8. The number of ether oxygens (including phenoxy) is 1. The van der Waals surface area contributed by atoms with Crippen molar-refractivity contribution in [1.82, 2.24) is 5.27 Å². The molecule has 0 atom stereocenters. The Balaban J connectivity index is 2.53. The van der Waals surface area contributed by atoms with Gasteiger partial charge in [-0.25, -0.2) is 4.79 Å². The van der Waals surface area contributed by atoms with Gasteiger partial charge < -0.3 is 4.74 Å². The van der Waals surface area contributed by atoms with Gasteiger partial charge in [0, 0.05) is 0 Å². The minimum atomic E-state index is -0.484. The maximum absolute atomic E-state index is 11.0. The van der Waals surface area contributed by atoms with Crippen LogP contribution in [0.1, 0.15) is 6.92 Å². The first-order valence-corrected chi connectivity index (χ1v) is 4.99. The summed E-state index contributed by atoms with van der Waals surface area (Å²) in [5, 5.41) is 2.69. The number of H-pyrrole nitrogens is 1. The largest absolute Gasteiger partial charge is 0.465 e. The molecule has 0 fully saturated rings. The molecule has 0 bridgehead atoms. The van der Waals surface area contributed by atoms with Crippen molar-refractivity contribution in [1.29, 1.82) is 0 Å². The third-order valence-corrected chi connectivity index (χ3v) is 2.48. The highest BCUT2D eigenvalue weighted by Gasteiger charge is 2.19. The topological polar surface area (TPSA) is 76.2 Å². The van der Waals surface area contributed by atoms with Crippen LogP contribution in [-0.4, -0.2) is 23.6 Å². The summed E-state index contributed by atoms with van der Waals surface area (Å²) in [6.45, 7) is 2.07. The smallest absolute Gasteiger partial charge is 0.441 e. The molecule has 1 heterocycles. The molecule has 0 spiro atoms. The summed E-state index contributed by atoms with van der Waals surface area (Å²) in [6, 6.07) is 0. The summed E-state index contributed by atoms with van der Waals surface area (Å²) in [4.78, 5) is 22.0. The molecule has 0 aliphatic heterocycles. The number of hydrogen-bond donors (Lipinski definition) is 1. The number of carbonyl (C=O) groups is 1. The van der Waals surface area contributed by atoms with Crippen LogP contribution in [0.15, 0.2) is 14.3 Å². The minimum Gasteiger partial charge on any atom is -0.465 e. The molecule has 6 nitrogen and oxygen atoms in total. The van der Waals surface area contributed by atoms with E-state index in [4.69, 9.17) is 4.74 Å². The van der Waals surface area contributed by atoms with Gasteiger partial charge in [-0.05, 0) is 24.0 Å². The van der Waals surface area contributed by atoms with E-state index < -0.39 is 5.63 Å². The van der Waals surface area contributed by atoms with E-state index in [1.54, 1.807) is 14.0 Å². The van der Waals surface area contributed by atoms with E-state index in [2.05, 4.69) is 9.79 Å². The van der Waals surface area contributed by atoms with Gasteiger partial charge in [0.15, 0.2) is 7.05 Å². The van der Waals surface area contributed by atoms with Crippen LogP contribution < -0.4 is 10.3 Å². The molecule has 14 heavy (non-hydrogen) atoms. The monoisotopic (exact) mass is 219 g/mol. The molecule has 0 aliphatic carbocycles. The minimum absolute atomic E-state index is 0.101. The van der Waals surface area contributed by atoms with Crippen molar-refractivity contribution in [2.45, 2.75) is 11.9 Å². The molecule has 0 aromatic carbocycles. The summed E-state index contributed by atoms with van der Waals surface area (Å²) in [5.74, 6) is -0.247. The SMILES string of the molecule is CCOC(=O)CSc1c(=O)o[nH][n+]1C. The van der Waals surface area contributed by atoms with Crippen molar-refractivity contribution < 1.29 is 18.7 Å². The molecule has 7 heteroatoms. The second-order valence-corrected chi connectivity index (χ2v) is 3.40. The van der Waals surface area contributed by atoms with E-state index in [1.165, 1.54) is 4.68 Å². The summed E-state index contributed by atoms with van der Waals surface area (Å²) in [5.41, 5.74) is -0.484. The summed E-state index contributed by atoms with van der Waals surface area (Å²) < 4.78 is 10.6. The number of carbonyl (C=O) groups excluding carboxylic acids is 1. The number of esters is 1. The Bertz CT molecular complexity index is 370. The van der Waals surface area contributed by atoms with Crippen LogP contribution in [0, 0.1) is 0 Å². The number of aryl methyl sites for hydroxylation is 1. The first-order valence-electron chi connectivity index (χ1n) is 4.01. The van der Waals surface area contributed by atoms with Gasteiger partial charge in [-0.2, -0.15) is 0 Å². The Labute approximate surface area is 84.2 Å². The van der Waals surface area contributed by atoms with Crippen LogP contribution in [0.5, 0.6) is 0 Å². The Morgan fingerprint density at radius 2 is 2.43 bits per heavy atom. The van der Waals surface area contributed by atoms with E-state index in [-0.39, 0.29) is 11.7 Å². The fraction of sp³-hybridized carbons (Fsp3) is 0.571. The summed E-state index contributed by atoms with van der Waals surface area (Å²) in [6.07, 6.45) is 0. The summed E-state index contributed by atoms with van der Waals surface area (Å²) >= 11 is 1.08. The molecule has 0 radical (unpaired) electrons. The standard InChI is InChI=1S/C7H10N2O4S/c1-3-12-5(10)4-14-6-7(11)13-8-9(6)2/h3-4H2,1-2H3/p+1. The number of nitrogens with zero attached hydrogens (tertiary/aromatic N) is 1. The lowest BCUT2D eigenvalue weighted by Crippen LogP contribution is -2.33. The van der Waals surface area contributed by atoms with E-state index in [0.717, 1.165) is 11.8 Å². The van der Waals surface area contributed by atoms with Gasteiger partial charge in [-0.15, -0.1) is 0 Å². The van der Waals surface area contributed by atoms with Gasteiger partial charge in [0.25, 0.3) is 0 Å². The Kier molecular flexibility index (Phi) is 3.75. The van der Waals surface area contributed by atoms with Crippen molar-refractivity contribution in [2.75, 3.05) is 12.4 Å². The van der Waals surface area contributed by atoms with E-state index in [9.17, 15) is 9.59 Å². The lowest BCUT2D eigenvalue weighted by molar-refractivity contribution is -0.772. The number of hydrogen-bond acceptors (Lipinski definition) is 5. The Morgan fingerprint density at radius 3 is 2.93 bits per heavy atom. The zero-order valence-corrected chi connectivity index (χ0v) is 8.72. The second kappa shape index (κ2) is 4.85. The Hall–Kier alpha value is -1.24. The van der Waals surface area contributed by atoms with Crippen LogP contribution >= 0.6 is 11.8 Å². The third kappa shape index (κ3) is 2.63. The molecule has 1 rings (SSSR count). The number of rotatable bonds is 4. The first-order chi connectivity index (χ1) is 6.65. The molecular weight excluding hydrogens is 208 g/mol. The van der Waals surface area contributed by atoms with E-state index >= 15 is 0 Å². The first kappa shape index (κ1) is 10.8. The highest BCUT2D eigenvalue weighted by molar-refractivity contribution is 7.99. The fourth-order valence-corrected chi connectivity index (χ4v) is 1.55. The van der Waals surface area contributed by atoms with Crippen LogP contribution in [0.3, 0.4) is 0 Å². The van der Waals surface area contributed by atoms with Crippen molar-refractivity contribution in [3.8, 4) is 0 Å².